The van der Waals surface area contributed by atoms with Gasteiger partial charge in [-0.3, -0.25) is 0 Å². The van der Waals surface area contributed by atoms with E-state index in [0.717, 1.165) is 0 Å². The van der Waals surface area contributed by atoms with Gasteiger partial charge in [-0.25, -0.2) is 4.39 Å². The van der Waals surface area contributed by atoms with Crippen LogP contribution in [0.25, 0.3) is 0 Å². The molecule has 0 aliphatic heterocycles. The van der Waals surface area contributed by atoms with Gasteiger partial charge in [0.1, 0.15) is 5.82 Å². The van der Waals surface area contributed by atoms with E-state index in [2.05, 4.69) is 0 Å². The first-order valence-corrected chi connectivity index (χ1v) is 2.10. The molecule has 0 unspecified atom stereocenters. The molecule has 8 heavy (non-hydrogen) atoms. The van der Waals surface area contributed by atoms with Crippen LogP contribution in [0.5, 0.6) is 0 Å². The number of hydrogen-bond acceptors (Lipinski definition) is 0. The van der Waals surface area contributed by atoms with Crippen LogP contribution < -0.4 is 0 Å². The molecule has 40 valence electrons. The molecular weight excluding hydrogens is 131 g/mol. The van der Waals surface area contributed by atoms with Crippen molar-refractivity contribution in [3.05, 3.63) is 36.1 Å². The summed E-state index contributed by atoms with van der Waals surface area (Å²) in [5.41, 5.74) is 0. The average Bonchev–Trinajstić information content (AvgIpc) is 1.69. The van der Waals surface area contributed by atoms with E-state index in [0.29, 0.717) is 0 Å². The summed E-state index contributed by atoms with van der Waals surface area (Å²) in [6.07, 6.45) is 0. The Morgan fingerprint density at radius 1 is 1.00 bits per heavy atom. The SMILES string of the molecule is Fc1ccccc1.[CaH2]. The minimum atomic E-state index is -0.178. The molecule has 0 N–H and O–H groups in total. The zero-order valence-electron chi connectivity index (χ0n) is 3.76. The Kier molecular flexibility index (Phi) is 4.52. The third-order valence-electron chi connectivity index (χ3n) is 0.733. The first-order valence-electron chi connectivity index (χ1n) is 2.10. The van der Waals surface area contributed by atoms with Crippen LogP contribution in [-0.2, 0) is 0 Å². The monoisotopic (exact) mass is 138 g/mol. The molecule has 0 radical (unpaired) electrons. The van der Waals surface area contributed by atoms with Crippen molar-refractivity contribution in [1.82, 2.24) is 0 Å². The second-order valence-electron chi connectivity index (χ2n) is 1.30. The summed E-state index contributed by atoms with van der Waals surface area (Å²) in [4.78, 5) is 0. The molecule has 1 aromatic carbocycles. The Balaban J connectivity index is 0.000000490. The molecule has 1 aromatic rings. The van der Waals surface area contributed by atoms with E-state index in [1.165, 1.54) is 12.1 Å². The molecule has 0 aliphatic carbocycles. The molecule has 0 aliphatic rings. The molecule has 0 bridgehead atoms. The topological polar surface area (TPSA) is 0 Å². The van der Waals surface area contributed by atoms with E-state index in [9.17, 15) is 4.39 Å². The van der Waals surface area contributed by atoms with Gasteiger partial charge in [0, 0.05) is 0 Å². The molecule has 0 saturated carbocycles. The van der Waals surface area contributed by atoms with E-state index in [1.807, 2.05) is 0 Å². The molecule has 0 amide bonds. The molecule has 0 aromatic heterocycles. The Hall–Kier alpha value is 0.410. The maximum absolute atomic E-state index is 11.9. The van der Waals surface area contributed by atoms with Crippen LogP contribution >= 0.6 is 0 Å². The number of halogens is 1. The minimum absolute atomic E-state index is 0. The molecule has 0 atom stereocenters. The summed E-state index contributed by atoms with van der Waals surface area (Å²) in [5, 5.41) is 0. The zero-order valence-corrected chi connectivity index (χ0v) is 3.76. The van der Waals surface area contributed by atoms with Gasteiger partial charge in [0.15, 0.2) is 0 Å². The fourth-order valence-corrected chi connectivity index (χ4v) is 0.415. The van der Waals surface area contributed by atoms with E-state index in [1.54, 1.807) is 18.2 Å². The van der Waals surface area contributed by atoms with Crippen LogP contribution in [0.2, 0.25) is 0 Å². The van der Waals surface area contributed by atoms with Gasteiger partial charge < -0.3 is 0 Å². The molecule has 1 rings (SSSR count). The molecule has 0 spiro atoms. The molecular formula is C6H7CaF. The number of benzene rings is 1. The zero-order chi connectivity index (χ0) is 5.11. The van der Waals surface area contributed by atoms with Gasteiger partial charge in [0.25, 0.3) is 0 Å². The summed E-state index contributed by atoms with van der Waals surface area (Å²) in [5.74, 6) is -0.178. The summed E-state index contributed by atoms with van der Waals surface area (Å²) >= 11 is 0. The summed E-state index contributed by atoms with van der Waals surface area (Å²) in [7, 11) is 0. The first kappa shape index (κ1) is 8.41. The standard InChI is InChI=1S/C6H5F.Ca.2H/c7-6-4-2-1-3-5-6;;;/h1-5H;;;. The van der Waals surface area contributed by atoms with Gasteiger partial charge in [-0.1, -0.05) is 18.2 Å². The average molecular weight is 138 g/mol. The summed E-state index contributed by atoms with van der Waals surface area (Å²) < 4.78 is 11.9. The number of hydrogen-bond donors (Lipinski definition) is 0. The predicted octanol–water partition coefficient (Wildman–Crippen LogP) is 0.909. The van der Waals surface area contributed by atoms with Crippen molar-refractivity contribution in [2.45, 2.75) is 0 Å². The molecule has 0 saturated heterocycles. The van der Waals surface area contributed by atoms with Gasteiger partial charge in [-0.05, 0) is 12.1 Å². The maximum atomic E-state index is 11.9. The summed E-state index contributed by atoms with van der Waals surface area (Å²) in [6.45, 7) is 0. The normalized spacial score (nSPS) is 7.62. The van der Waals surface area contributed by atoms with Crippen LogP contribution in [-0.4, -0.2) is 37.7 Å². The van der Waals surface area contributed by atoms with Crippen molar-refractivity contribution in [1.29, 1.82) is 0 Å². The van der Waals surface area contributed by atoms with Gasteiger partial charge in [-0.15, -0.1) is 0 Å². The van der Waals surface area contributed by atoms with Gasteiger partial charge >= 0.3 is 37.7 Å². The van der Waals surface area contributed by atoms with Crippen molar-refractivity contribution in [3.63, 3.8) is 0 Å². The fourth-order valence-electron chi connectivity index (χ4n) is 0.415. The Morgan fingerprint density at radius 2 is 1.50 bits per heavy atom. The number of rotatable bonds is 0. The first-order chi connectivity index (χ1) is 3.39. The van der Waals surface area contributed by atoms with Crippen molar-refractivity contribution in [2.75, 3.05) is 0 Å². The Morgan fingerprint density at radius 3 is 1.75 bits per heavy atom. The van der Waals surface area contributed by atoms with Crippen LogP contribution in [0.15, 0.2) is 30.3 Å². The van der Waals surface area contributed by atoms with Gasteiger partial charge in [0.2, 0.25) is 0 Å². The second-order valence-corrected chi connectivity index (χ2v) is 1.30. The van der Waals surface area contributed by atoms with E-state index in [-0.39, 0.29) is 43.6 Å². The third-order valence-corrected chi connectivity index (χ3v) is 0.733. The van der Waals surface area contributed by atoms with E-state index in [4.69, 9.17) is 0 Å². The van der Waals surface area contributed by atoms with Crippen LogP contribution in [0.4, 0.5) is 4.39 Å². The van der Waals surface area contributed by atoms with Crippen molar-refractivity contribution < 1.29 is 4.39 Å². The van der Waals surface area contributed by atoms with E-state index < -0.39 is 0 Å². The van der Waals surface area contributed by atoms with Crippen molar-refractivity contribution >= 4 is 37.7 Å². The third kappa shape index (κ3) is 2.65. The summed E-state index contributed by atoms with van der Waals surface area (Å²) in [6, 6.07) is 7.94. The Labute approximate surface area is 77.7 Å². The van der Waals surface area contributed by atoms with E-state index >= 15 is 0 Å². The molecule has 0 nitrogen and oxygen atoms in total. The van der Waals surface area contributed by atoms with Crippen molar-refractivity contribution in [2.24, 2.45) is 0 Å². The molecule has 0 fully saturated rings. The van der Waals surface area contributed by atoms with Crippen molar-refractivity contribution in [3.8, 4) is 0 Å². The van der Waals surface area contributed by atoms with Gasteiger partial charge in [0.05, 0.1) is 0 Å². The van der Waals surface area contributed by atoms with Crippen LogP contribution in [0.3, 0.4) is 0 Å². The quantitative estimate of drug-likeness (QED) is 0.467. The molecule has 0 heterocycles. The van der Waals surface area contributed by atoms with Gasteiger partial charge in [-0.2, -0.15) is 0 Å². The fraction of sp³-hybridized carbons (Fsp3) is 0. The molecule has 2 heteroatoms. The predicted molar refractivity (Wildman–Crippen MR) is 34.9 cm³/mol. The Bertz CT molecular complexity index is 138. The van der Waals surface area contributed by atoms with Crippen LogP contribution in [0, 0.1) is 5.82 Å². The second kappa shape index (κ2) is 4.30. The van der Waals surface area contributed by atoms with Crippen LogP contribution in [0.1, 0.15) is 0 Å².